The summed E-state index contributed by atoms with van der Waals surface area (Å²) < 4.78 is 32.0. The lowest BCUT2D eigenvalue weighted by molar-refractivity contribution is 0.0933. The molecule has 0 bridgehead atoms. The van der Waals surface area contributed by atoms with E-state index in [1.807, 2.05) is 6.92 Å². The van der Waals surface area contributed by atoms with Crippen molar-refractivity contribution < 1.29 is 18.0 Å². The highest BCUT2D eigenvalue weighted by Gasteiger charge is 2.19. The second-order valence-corrected chi connectivity index (χ2v) is 4.99. The Labute approximate surface area is 127 Å². The number of amides is 1. The van der Waals surface area contributed by atoms with Crippen LogP contribution in [-0.4, -0.2) is 5.91 Å². The topological polar surface area (TPSA) is 68.3 Å². The van der Waals surface area contributed by atoms with Gasteiger partial charge in [-0.15, -0.1) is 0 Å². The number of hydrogen-bond donors (Lipinski definition) is 2. The van der Waals surface area contributed by atoms with Crippen molar-refractivity contribution in [2.45, 2.75) is 32.4 Å². The van der Waals surface area contributed by atoms with Crippen LogP contribution in [0.25, 0.3) is 0 Å². The van der Waals surface area contributed by atoms with Crippen LogP contribution in [-0.2, 0) is 6.54 Å². The Morgan fingerprint density at radius 2 is 2.14 bits per heavy atom. The van der Waals surface area contributed by atoms with Crippen LogP contribution in [0, 0.1) is 11.6 Å². The Morgan fingerprint density at radius 3 is 2.73 bits per heavy atom. The van der Waals surface area contributed by atoms with Crippen molar-refractivity contribution in [2.75, 3.05) is 0 Å². The monoisotopic (exact) mass is 308 g/mol. The second kappa shape index (κ2) is 7.17. The molecule has 1 aromatic carbocycles. The average Bonchev–Trinajstić information content (AvgIpc) is 2.96. The van der Waals surface area contributed by atoms with Crippen LogP contribution in [0.2, 0.25) is 0 Å². The number of rotatable bonds is 6. The molecule has 0 spiro atoms. The van der Waals surface area contributed by atoms with Crippen LogP contribution in [0.4, 0.5) is 8.78 Å². The van der Waals surface area contributed by atoms with Crippen LogP contribution < -0.4 is 11.1 Å². The standard InChI is InChI=1S/C16H18F2N2O2/c1-2-3-15(13-5-4-11(17)7-14(13)18)20-16(21)10-6-12(8-19)22-9-10/h4-7,9,15H,2-3,8,19H2,1H3,(H,20,21). The van der Waals surface area contributed by atoms with Gasteiger partial charge in [-0.05, 0) is 18.6 Å². The molecule has 1 unspecified atom stereocenters. The van der Waals surface area contributed by atoms with E-state index < -0.39 is 17.7 Å². The molecule has 1 amide bonds. The van der Waals surface area contributed by atoms with Crippen molar-refractivity contribution in [1.29, 1.82) is 0 Å². The molecule has 0 radical (unpaired) electrons. The van der Waals surface area contributed by atoms with Gasteiger partial charge in [-0.1, -0.05) is 19.4 Å². The minimum absolute atomic E-state index is 0.193. The van der Waals surface area contributed by atoms with E-state index in [4.69, 9.17) is 10.2 Å². The van der Waals surface area contributed by atoms with Crippen molar-refractivity contribution >= 4 is 5.91 Å². The lowest BCUT2D eigenvalue weighted by atomic mass is 10.0. The molecule has 6 heteroatoms. The van der Waals surface area contributed by atoms with Gasteiger partial charge in [0.15, 0.2) is 0 Å². The first-order chi connectivity index (χ1) is 10.5. The molecule has 118 valence electrons. The van der Waals surface area contributed by atoms with E-state index in [1.54, 1.807) is 6.07 Å². The van der Waals surface area contributed by atoms with Crippen molar-refractivity contribution in [3.8, 4) is 0 Å². The second-order valence-electron chi connectivity index (χ2n) is 4.99. The Balaban J connectivity index is 2.19. The maximum Gasteiger partial charge on any atom is 0.255 e. The maximum atomic E-state index is 13.9. The SMILES string of the molecule is CCCC(NC(=O)c1coc(CN)c1)c1ccc(F)cc1F. The van der Waals surface area contributed by atoms with Crippen LogP contribution in [0.3, 0.4) is 0 Å². The minimum Gasteiger partial charge on any atom is -0.467 e. The summed E-state index contributed by atoms with van der Waals surface area (Å²) in [7, 11) is 0. The van der Waals surface area contributed by atoms with Gasteiger partial charge in [-0.3, -0.25) is 4.79 Å². The summed E-state index contributed by atoms with van der Waals surface area (Å²) in [6, 6.07) is 4.35. The summed E-state index contributed by atoms with van der Waals surface area (Å²) in [6.45, 7) is 2.11. The zero-order valence-electron chi connectivity index (χ0n) is 12.2. The van der Waals surface area contributed by atoms with E-state index >= 15 is 0 Å². The molecule has 0 aliphatic rings. The molecule has 0 fully saturated rings. The quantitative estimate of drug-likeness (QED) is 0.860. The number of carbonyl (C=O) groups excluding carboxylic acids is 1. The van der Waals surface area contributed by atoms with Gasteiger partial charge in [0.2, 0.25) is 0 Å². The smallest absolute Gasteiger partial charge is 0.255 e. The number of nitrogens with one attached hydrogen (secondary N) is 1. The van der Waals surface area contributed by atoms with Crippen LogP contribution >= 0.6 is 0 Å². The third-order valence-corrected chi connectivity index (χ3v) is 3.34. The summed E-state index contributed by atoms with van der Waals surface area (Å²) >= 11 is 0. The highest BCUT2D eigenvalue weighted by Crippen LogP contribution is 2.23. The van der Waals surface area contributed by atoms with Gasteiger partial charge in [0.05, 0.1) is 18.2 Å². The van der Waals surface area contributed by atoms with Gasteiger partial charge in [0, 0.05) is 11.6 Å². The van der Waals surface area contributed by atoms with Gasteiger partial charge in [-0.25, -0.2) is 8.78 Å². The van der Waals surface area contributed by atoms with E-state index in [2.05, 4.69) is 5.32 Å². The van der Waals surface area contributed by atoms with Crippen molar-refractivity contribution in [3.05, 3.63) is 59.1 Å². The molecule has 2 rings (SSSR count). The molecule has 1 atom stereocenters. The Morgan fingerprint density at radius 1 is 1.36 bits per heavy atom. The molecule has 0 aliphatic carbocycles. The molecular formula is C16H18F2N2O2. The van der Waals surface area contributed by atoms with Crippen molar-refractivity contribution in [1.82, 2.24) is 5.32 Å². The van der Waals surface area contributed by atoms with E-state index in [0.717, 1.165) is 12.5 Å². The number of nitrogens with two attached hydrogens (primary N) is 1. The van der Waals surface area contributed by atoms with E-state index in [0.29, 0.717) is 17.7 Å². The Hall–Kier alpha value is -2.21. The Bertz CT molecular complexity index is 655. The van der Waals surface area contributed by atoms with Crippen LogP contribution in [0.5, 0.6) is 0 Å². The van der Waals surface area contributed by atoms with Gasteiger partial charge in [0.25, 0.3) is 5.91 Å². The van der Waals surface area contributed by atoms with Gasteiger partial charge >= 0.3 is 0 Å². The Kier molecular flexibility index (Phi) is 5.27. The third kappa shape index (κ3) is 3.71. The third-order valence-electron chi connectivity index (χ3n) is 3.34. The fourth-order valence-corrected chi connectivity index (χ4v) is 2.23. The molecule has 2 aromatic rings. The molecule has 22 heavy (non-hydrogen) atoms. The normalized spacial score (nSPS) is 12.2. The number of furan rings is 1. The zero-order valence-corrected chi connectivity index (χ0v) is 12.2. The fourth-order valence-electron chi connectivity index (χ4n) is 2.23. The highest BCUT2D eigenvalue weighted by molar-refractivity contribution is 5.94. The fraction of sp³-hybridized carbons (Fsp3) is 0.312. The molecule has 0 aliphatic heterocycles. The first-order valence-electron chi connectivity index (χ1n) is 7.08. The molecule has 1 heterocycles. The largest absolute Gasteiger partial charge is 0.467 e. The first kappa shape index (κ1) is 16.2. The summed E-state index contributed by atoms with van der Waals surface area (Å²) in [6.07, 6.45) is 2.58. The lowest BCUT2D eigenvalue weighted by Crippen LogP contribution is -2.29. The summed E-state index contributed by atoms with van der Waals surface area (Å²) in [5, 5.41) is 2.75. The number of carbonyl (C=O) groups is 1. The highest BCUT2D eigenvalue weighted by atomic mass is 19.1. The predicted molar refractivity (Wildman–Crippen MR) is 78.1 cm³/mol. The molecule has 4 nitrogen and oxygen atoms in total. The molecule has 0 saturated carbocycles. The van der Waals surface area contributed by atoms with E-state index in [1.165, 1.54) is 18.4 Å². The predicted octanol–water partition coefficient (Wildman–Crippen LogP) is 3.29. The molecular weight excluding hydrogens is 290 g/mol. The molecule has 3 N–H and O–H groups in total. The van der Waals surface area contributed by atoms with Crippen molar-refractivity contribution in [3.63, 3.8) is 0 Å². The number of hydrogen-bond acceptors (Lipinski definition) is 3. The number of halogens is 2. The summed E-state index contributed by atoms with van der Waals surface area (Å²) in [5.41, 5.74) is 6.01. The first-order valence-corrected chi connectivity index (χ1v) is 7.08. The average molecular weight is 308 g/mol. The van der Waals surface area contributed by atoms with Crippen LogP contribution in [0.15, 0.2) is 34.9 Å². The molecule has 1 aromatic heterocycles. The molecule has 0 saturated heterocycles. The van der Waals surface area contributed by atoms with Gasteiger partial charge in [0.1, 0.15) is 23.7 Å². The zero-order chi connectivity index (χ0) is 16.1. The van der Waals surface area contributed by atoms with Gasteiger partial charge < -0.3 is 15.5 Å². The lowest BCUT2D eigenvalue weighted by Gasteiger charge is -2.19. The summed E-state index contributed by atoms with van der Waals surface area (Å²) in [5.74, 6) is -1.21. The van der Waals surface area contributed by atoms with Crippen LogP contribution in [0.1, 0.15) is 47.5 Å². The van der Waals surface area contributed by atoms with E-state index in [9.17, 15) is 13.6 Å². The van der Waals surface area contributed by atoms with Crippen molar-refractivity contribution in [2.24, 2.45) is 5.73 Å². The van der Waals surface area contributed by atoms with E-state index in [-0.39, 0.29) is 18.0 Å². The van der Waals surface area contributed by atoms with Gasteiger partial charge in [-0.2, -0.15) is 0 Å². The maximum absolute atomic E-state index is 13.9. The minimum atomic E-state index is -0.673. The number of benzene rings is 1. The summed E-state index contributed by atoms with van der Waals surface area (Å²) in [4.78, 5) is 12.2.